The van der Waals surface area contributed by atoms with Crippen molar-refractivity contribution in [3.8, 4) is 0 Å². The van der Waals surface area contributed by atoms with Gasteiger partial charge in [0.05, 0.1) is 5.56 Å². The SMILES string of the molecule is CNC(=O)c1cc(N(C)C)ccc1N. The number of hydrogen-bond acceptors (Lipinski definition) is 3. The molecule has 0 fully saturated rings. The Morgan fingerprint density at radius 3 is 2.57 bits per heavy atom. The highest BCUT2D eigenvalue weighted by molar-refractivity contribution is 5.99. The molecule has 0 aliphatic carbocycles. The van der Waals surface area contributed by atoms with Crippen molar-refractivity contribution in [3.05, 3.63) is 23.8 Å². The fraction of sp³-hybridized carbons (Fsp3) is 0.300. The number of amides is 1. The lowest BCUT2D eigenvalue weighted by molar-refractivity contribution is 0.0964. The summed E-state index contributed by atoms with van der Waals surface area (Å²) >= 11 is 0. The summed E-state index contributed by atoms with van der Waals surface area (Å²) < 4.78 is 0. The third-order valence-electron chi connectivity index (χ3n) is 2.02. The number of nitrogens with zero attached hydrogens (tertiary/aromatic N) is 1. The standard InChI is InChI=1S/C10H15N3O/c1-12-10(14)8-6-7(13(2)3)4-5-9(8)11/h4-6H,11H2,1-3H3,(H,12,14). The molecule has 4 heteroatoms. The van der Waals surface area contributed by atoms with Gasteiger partial charge >= 0.3 is 0 Å². The van der Waals surface area contributed by atoms with Crippen molar-refractivity contribution < 1.29 is 4.79 Å². The molecule has 0 radical (unpaired) electrons. The highest BCUT2D eigenvalue weighted by atomic mass is 16.1. The summed E-state index contributed by atoms with van der Waals surface area (Å²) in [4.78, 5) is 13.3. The first-order chi connectivity index (χ1) is 6.56. The van der Waals surface area contributed by atoms with E-state index < -0.39 is 0 Å². The highest BCUT2D eigenvalue weighted by Crippen LogP contribution is 2.19. The largest absolute Gasteiger partial charge is 0.398 e. The summed E-state index contributed by atoms with van der Waals surface area (Å²) in [5.41, 5.74) is 7.65. The van der Waals surface area contributed by atoms with E-state index in [2.05, 4.69) is 5.32 Å². The van der Waals surface area contributed by atoms with E-state index in [-0.39, 0.29) is 5.91 Å². The van der Waals surface area contributed by atoms with Crippen molar-refractivity contribution in [3.63, 3.8) is 0 Å². The van der Waals surface area contributed by atoms with Crippen LogP contribution in [0.1, 0.15) is 10.4 Å². The maximum absolute atomic E-state index is 11.4. The predicted molar refractivity (Wildman–Crippen MR) is 58.6 cm³/mol. The van der Waals surface area contributed by atoms with Crippen LogP contribution in [-0.2, 0) is 0 Å². The van der Waals surface area contributed by atoms with Gasteiger partial charge in [-0.15, -0.1) is 0 Å². The van der Waals surface area contributed by atoms with E-state index in [4.69, 9.17) is 5.73 Å². The molecular weight excluding hydrogens is 178 g/mol. The maximum atomic E-state index is 11.4. The molecule has 0 unspecified atom stereocenters. The number of nitrogens with one attached hydrogen (secondary N) is 1. The second-order valence-corrected chi connectivity index (χ2v) is 3.25. The van der Waals surface area contributed by atoms with Crippen molar-refractivity contribution in [2.75, 3.05) is 31.8 Å². The van der Waals surface area contributed by atoms with Crippen LogP contribution in [-0.4, -0.2) is 27.1 Å². The van der Waals surface area contributed by atoms with E-state index in [0.717, 1.165) is 5.69 Å². The first-order valence-corrected chi connectivity index (χ1v) is 4.35. The Kier molecular flexibility index (Phi) is 2.96. The van der Waals surface area contributed by atoms with Crippen LogP contribution < -0.4 is 16.0 Å². The van der Waals surface area contributed by atoms with Gasteiger partial charge in [0, 0.05) is 32.5 Å². The van der Waals surface area contributed by atoms with E-state index in [9.17, 15) is 4.79 Å². The van der Waals surface area contributed by atoms with Crippen LogP contribution in [0.5, 0.6) is 0 Å². The number of benzene rings is 1. The van der Waals surface area contributed by atoms with Gasteiger partial charge in [0.1, 0.15) is 0 Å². The summed E-state index contributed by atoms with van der Waals surface area (Å²) in [7, 11) is 5.42. The van der Waals surface area contributed by atoms with Gasteiger partial charge in [-0.05, 0) is 18.2 Å². The van der Waals surface area contributed by atoms with Crippen molar-refractivity contribution in [2.24, 2.45) is 0 Å². The minimum atomic E-state index is -0.161. The monoisotopic (exact) mass is 193 g/mol. The Balaban J connectivity index is 3.15. The summed E-state index contributed by atoms with van der Waals surface area (Å²) in [6, 6.07) is 5.38. The fourth-order valence-corrected chi connectivity index (χ4v) is 1.15. The van der Waals surface area contributed by atoms with Crippen LogP contribution in [0, 0.1) is 0 Å². The molecular formula is C10H15N3O. The normalized spacial score (nSPS) is 9.64. The van der Waals surface area contributed by atoms with Gasteiger partial charge in [0.15, 0.2) is 0 Å². The molecule has 4 nitrogen and oxygen atoms in total. The lowest BCUT2D eigenvalue weighted by Crippen LogP contribution is -2.20. The van der Waals surface area contributed by atoms with Gasteiger partial charge in [-0.3, -0.25) is 4.79 Å². The molecule has 76 valence electrons. The maximum Gasteiger partial charge on any atom is 0.253 e. The molecule has 0 spiro atoms. The van der Waals surface area contributed by atoms with Gasteiger partial charge < -0.3 is 16.0 Å². The molecule has 1 amide bonds. The van der Waals surface area contributed by atoms with Gasteiger partial charge in [-0.25, -0.2) is 0 Å². The van der Waals surface area contributed by atoms with Gasteiger partial charge in [0.2, 0.25) is 0 Å². The lowest BCUT2D eigenvalue weighted by Gasteiger charge is -2.14. The van der Waals surface area contributed by atoms with E-state index in [1.165, 1.54) is 0 Å². The molecule has 0 saturated carbocycles. The zero-order valence-electron chi connectivity index (χ0n) is 8.66. The summed E-state index contributed by atoms with van der Waals surface area (Å²) in [6.07, 6.45) is 0. The van der Waals surface area contributed by atoms with Crippen molar-refractivity contribution in [1.29, 1.82) is 0 Å². The molecule has 1 aromatic rings. The van der Waals surface area contributed by atoms with Gasteiger partial charge in [-0.1, -0.05) is 0 Å². The molecule has 1 rings (SSSR count). The van der Waals surface area contributed by atoms with Crippen LogP contribution >= 0.6 is 0 Å². The van der Waals surface area contributed by atoms with Crippen molar-refractivity contribution in [1.82, 2.24) is 5.32 Å². The van der Waals surface area contributed by atoms with Crippen LogP contribution in [0.15, 0.2) is 18.2 Å². The Morgan fingerprint density at radius 1 is 1.43 bits per heavy atom. The minimum absolute atomic E-state index is 0.161. The number of nitrogen functional groups attached to an aromatic ring is 1. The smallest absolute Gasteiger partial charge is 0.253 e. The first kappa shape index (κ1) is 10.4. The second-order valence-electron chi connectivity index (χ2n) is 3.25. The molecule has 0 aromatic heterocycles. The molecule has 3 N–H and O–H groups in total. The van der Waals surface area contributed by atoms with Crippen molar-refractivity contribution >= 4 is 17.3 Å². The zero-order valence-corrected chi connectivity index (χ0v) is 8.66. The van der Waals surface area contributed by atoms with E-state index in [1.807, 2.05) is 25.1 Å². The zero-order chi connectivity index (χ0) is 10.7. The molecule has 14 heavy (non-hydrogen) atoms. The quantitative estimate of drug-likeness (QED) is 0.679. The summed E-state index contributed by atoms with van der Waals surface area (Å²) in [6.45, 7) is 0. The van der Waals surface area contributed by atoms with Crippen LogP contribution in [0.4, 0.5) is 11.4 Å². The number of hydrogen-bond donors (Lipinski definition) is 2. The number of rotatable bonds is 2. The van der Waals surface area contributed by atoms with E-state index >= 15 is 0 Å². The lowest BCUT2D eigenvalue weighted by atomic mass is 10.1. The minimum Gasteiger partial charge on any atom is -0.398 e. The Hall–Kier alpha value is -1.71. The fourth-order valence-electron chi connectivity index (χ4n) is 1.15. The third-order valence-corrected chi connectivity index (χ3v) is 2.02. The average molecular weight is 193 g/mol. The highest BCUT2D eigenvalue weighted by Gasteiger charge is 2.08. The Morgan fingerprint density at radius 2 is 2.07 bits per heavy atom. The second kappa shape index (κ2) is 4.00. The Bertz CT molecular complexity index is 347. The number of nitrogens with two attached hydrogens (primary N) is 1. The van der Waals surface area contributed by atoms with Crippen molar-refractivity contribution in [2.45, 2.75) is 0 Å². The van der Waals surface area contributed by atoms with Crippen LogP contribution in [0.3, 0.4) is 0 Å². The molecule has 0 heterocycles. The van der Waals surface area contributed by atoms with Gasteiger partial charge in [0.25, 0.3) is 5.91 Å². The summed E-state index contributed by atoms with van der Waals surface area (Å²) in [5, 5.41) is 2.55. The van der Waals surface area contributed by atoms with E-state index in [0.29, 0.717) is 11.3 Å². The number of anilines is 2. The Labute approximate surface area is 83.7 Å². The van der Waals surface area contributed by atoms with E-state index in [1.54, 1.807) is 19.2 Å². The average Bonchev–Trinajstić information content (AvgIpc) is 2.17. The third kappa shape index (κ3) is 1.96. The van der Waals surface area contributed by atoms with Crippen LogP contribution in [0.2, 0.25) is 0 Å². The molecule has 0 aliphatic heterocycles. The predicted octanol–water partition coefficient (Wildman–Crippen LogP) is 0.694. The summed E-state index contributed by atoms with van der Waals surface area (Å²) in [5.74, 6) is -0.161. The molecule has 0 atom stereocenters. The molecule has 1 aromatic carbocycles. The van der Waals surface area contributed by atoms with Crippen LogP contribution in [0.25, 0.3) is 0 Å². The molecule has 0 bridgehead atoms. The number of carbonyl (C=O) groups excluding carboxylic acids is 1. The molecule has 0 saturated heterocycles. The topological polar surface area (TPSA) is 58.4 Å². The first-order valence-electron chi connectivity index (χ1n) is 4.35. The number of carbonyl (C=O) groups is 1. The van der Waals surface area contributed by atoms with Gasteiger partial charge in [-0.2, -0.15) is 0 Å². The molecule has 0 aliphatic rings.